The van der Waals surface area contributed by atoms with E-state index in [0.717, 1.165) is 12.3 Å². The number of nitrogens with zero attached hydrogens (tertiary/aromatic N) is 1. The van der Waals surface area contributed by atoms with Gasteiger partial charge in [0.2, 0.25) is 0 Å². The molecule has 0 atom stereocenters. The van der Waals surface area contributed by atoms with Crippen molar-refractivity contribution in [2.45, 2.75) is 13.1 Å². The van der Waals surface area contributed by atoms with Crippen LogP contribution in [-0.2, 0) is 15.8 Å². The Hall–Kier alpha value is -3.36. The van der Waals surface area contributed by atoms with Gasteiger partial charge < -0.3 is 10.1 Å². The summed E-state index contributed by atoms with van der Waals surface area (Å²) < 4.78 is 44.0. The van der Waals surface area contributed by atoms with Crippen LogP contribution in [0.5, 0.6) is 5.75 Å². The molecular formula is C18H16F3N3O3. The molecule has 2 N–H and O–H groups in total. The highest BCUT2D eigenvalue weighted by Crippen LogP contribution is 2.31. The van der Waals surface area contributed by atoms with E-state index in [9.17, 15) is 22.8 Å². The van der Waals surface area contributed by atoms with Gasteiger partial charge >= 0.3 is 18.0 Å². The predicted octanol–water partition coefficient (Wildman–Crippen LogP) is 3.19. The molecule has 0 saturated carbocycles. The zero-order chi connectivity index (χ0) is 19.9. The molecule has 0 heterocycles. The van der Waals surface area contributed by atoms with Crippen molar-refractivity contribution in [2.24, 2.45) is 5.10 Å². The predicted molar refractivity (Wildman–Crippen MR) is 93.4 cm³/mol. The molecule has 0 bridgehead atoms. The molecule has 0 radical (unpaired) electrons. The zero-order valence-corrected chi connectivity index (χ0v) is 14.2. The number of carbonyl (C=O) groups excluding carboxylic acids is 2. The standard InChI is InChI=1S/C18H16F3N3O3/c1-2-27-15-10-6-5-9-14(15)23-16(25)17(26)24-22-11-12-7-3-4-8-13(12)18(19,20)21/h3-11H,2H2,1H3,(H,23,25)(H,24,26)/b22-11-. The molecule has 27 heavy (non-hydrogen) atoms. The van der Waals surface area contributed by atoms with Gasteiger partial charge in [-0.2, -0.15) is 18.3 Å². The largest absolute Gasteiger partial charge is 0.492 e. The first-order valence-electron chi connectivity index (χ1n) is 7.85. The summed E-state index contributed by atoms with van der Waals surface area (Å²) in [6, 6.07) is 11.2. The highest BCUT2D eigenvalue weighted by Gasteiger charge is 2.32. The van der Waals surface area contributed by atoms with Gasteiger partial charge in [-0.05, 0) is 25.1 Å². The second-order valence-corrected chi connectivity index (χ2v) is 5.17. The molecule has 2 rings (SSSR count). The van der Waals surface area contributed by atoms with E-state index in [1.54, 1.807) is 31.2 Å². The summed E-state index contributed by atoms with van der Waals surface area (Å²) in [5.74, 6) is -1.80. The highest BCUT2D eigenvalue weighted by molar-refractivity contribution is 6.39. The molecule has 0 spiro atoms. The first-order valence-corrected chi connectivity index (χ1v) is 7.85. The third kappa shape index (κ3) is 5.56. The fourth-order valence-corrected chi connectivity index (χ4v) is 2.11. The lowest BCUT2D eigenvalue weighted by atomic mass is 10.1. The summed E-state index contributed by atoms with van der Waals surface area (Å²) >= 11 is 0. The highest BCUT2D eigenvalue weighted by atomic mass is 19.4. The number of amides is 2. The minimum atomic E-state index is -4.56. The summed E-state index contributed by atoms with van der Waals surface area (Å²) in [5, 5.41) is 5.77. The molecule has 6 nitrogen and oxygen atoms in total. The Morgan fingerprint density at radius 3 is 2.44 bits per heavy atom. The minimum Gasteiger partial charge on any atom is -0.492 e. The number of hydrogen-bond acceptors (Lipinski definition) is 4. The van der Waals surface area contributed by atoms with Gasteiger partial charge in [0.25, 0.3) is 0 Å². The first kappa shape index (κ1) is 20.0. The molecule has 0 unspecified atom stereocenters. The van der Waals surface area contributed by atoms with Crippen LogP contribution in [0.2, 0.25) is 0 Å². The summed E-state index contributed by atoms with van der Waals surface area (Å²) in [4.78, 5) is 23.7. The van der Waals surface area contributed by atoms with Crippen molar-refractivity contribution in [1.29, 1.82) is 0 Å². The van der Waals surface area contributed by atoms with Crippen LogP contribution in [0.25, 0.3) is 0 Å². The van der Waals surface area contributed by atoms with E-state index in [0.29, 0.717) is 12.4 Å². The zero-order valence-electron chi connectivity index (χ0n) is 14.2. The average molecular weight is 379 g/mol. The lowest BCUT2D eigenvalue weighted by molar-refractivity contribution is -0.137. The number of hydrazone groups is 1. The third-order valence-electron chi connectivity index (χ3n) is 3.28. The Kier molecular flexibility index (Phi) is 6.53. The van der Waals surface area contributed by atoms with Gasteiger partial charge in [-0.15, -0.1) is 0 Å². The van der Waals surface area contributed by atoms with E-state index in [-0.39, 0.29) is 11.3 Å². The minimum absolute atomic E-state index is 0.243. The molecule has 0 saturated heterocycles. The van der Waals surface area contributed by atoms with E-state index < -0.39 is 23.6 Å². The van der Waals surface area contributed by atoms with Crippen LogP contribution in [0, 0.1) is 0 Å². The van der Waals surface area contributed by atoms with Gasteiger partial charge in [0, 0.05) is 5.56 Å². The summed E-state index contributed by atoms with van der Waals surface area (Å²) in [7, 11) is 0. The number of para-hydroxylation sites is 2. The van der Waals surface area contributed by atoms with Crippen LogP contribution in [0.4, 0.5) is 18.9 Å². The van der Waals surface area contributed by atoms with Gasteiger partial charge in [0.05, 0.1) is 24.1 Å². The van der Waals surface area contributed by atoms with Gasteiger partial charge in [0.15, 0.2) is 0 Å². The number of hydrogen-bond donors (Lipinski definition) is 2. The van der Waals surface area contributed by atoms with Crippen molar-refractivity contribution in [3.8, 4) is 5.75 Å². The van der Waals surface area contributed by atoms with Crippen molar-refractivity contribution in [3.05, 3.63) is 59.7 Å². The molecule has 142 valence electrons. The fraction of sp³-hybridized carbons (Fsp3) is 0.167. The smallest absolute Gasteiger partial charge is 0.417 e. The number of ether oxygens (including phenoxy) is 1. The molecular weight excluding hydrogens is 363 g/mol. The summed E-state index contributed by atoms with van der Waals surface area (Å²) in [6.45, 7) is 2.13. The molecule has 2 aromatic rings. The SMILES string of the molecule is CCOc1ccccc1NC(=O)C(=O)N/N=C\c1ccccc1C(F)(F)F. The molecule has 0 aromatic heterocycles. The lowest BCUT2D eigenvalue weighted by Gasteiger charge is -2.10. The van der Waals surface area contributed by atoms with E-state index in [1.807, 2.05) is 5.43 Å². The lowest BCUT2D eigenvalue weighted by Crippen LogP contribution is -2.32. The van der Waals surface area contributed by atoms with Crippen LogP contribution in [0.3, 0.4) is 0 Å². The second kappa shape index (κ2) is 8.84. The molecule has 9 heteroatoms. The molecule has 0 aliphatic heterocycles. The molecule has 0 aliphatic rings. The number of carbonyl (C=O) groups is 2. The van der Waals surface area contributed by atoms with Gasteiger partial charge in [-0.1, -0.05) is 30.3 Å². The Morgan fingerprint density at radius 2 is 1.74 bits per heavy atom. The molecule has 0 aliphatic carbocycles. The van der Waals surface area contributed by atoms with Crippen LogP contribution >= 0.6 is 0 Å². The first-order chi connectivity index (χ1) is 12.8. The molecule has 0 fully saturated rings. The Bertz CT molecular complexity index is 851. The topological polar surface area (TPSA) is 79.8 Å². The van der Waals surface area contributed by atoms with Gasteiger partial charge in [-0.25, -0.2) is 5.43 Å². The Labute approximate surface area is 153 Å². The van der Waals surface area contributed by atoms with E-state index in [4.69, 9.17) is 4.74 Å². The van der Waals surface area contributed by atoms with Gasteiger partial charge in [0.1, 0.15) is 5.75 Å². The van der Waals surface area contributed by atoms with E-state index in [1.165, 1.54) is 18.2 Å². The summed E-state index contributed by atoms with van der Waals surface area (Å²) in [6.07, 6.45) is -3.74. The van der Waals surface area contributed by atoms with Crippen molar-refractivity contribution in [3.63, 3.8) is 0 Å². The van der Waals surface area contributed by atoms with Crippen LogP contribution < -0.4 is 15.5 Å². The van der Waals surface area contributed by atoms with Crippen molar-refractivity contribution in [2.75, 3.05) is 11.9 Å². The van der Waals surface area contributed by atoms with Gasteiger partial charge in [-0.3, -0.25) is 9.59 Å². The second-order valence-electron chi connectivity index (χ2n) is 5.17. The average Bonchev–Trinajstić information content (AvgIpc) is 2.63. The van der Waals surface area contributed by atoms with Crippen LogP contribution in [0.1, 0.15) is 18.1 Å². The monoisotopic (exact) mass is 379 g/mol. The number of rotatable bonds is 5. The Morgan fingerprint density at radius 1 is 1.07 bits per heavy atom. The maximum atomic E-state index is 12.9. The van der Waals surface area contributed by atoms with Crippen molar-refractivity contribution in [1.82, 2.24) is 5.43 Å². The van der Waals surface area contributed by atoms with Crippen LogP contribution in [-0.4, -0.2) is 24.6 Å². The number of benzene rings is 2. The summed E-state index contributed by atoms with van der Waals surface area (Å²) in [5.41, 5.74) is 1.03. The molecule has 2 aromatic carbocycles. The maximum absolute atomic E-state index is 12.9. The maximum Gasteiger partial charge on any atom is 0.417 e. The number of nitrogens with one attached hydrogen (secondary N) is 2. The number of anilines is 1. The Balaban J connectivity index is 2.02. The van der Waals surface area contributed by atoms with Crippen molar-refractivity contribution < 1.29 is 27.5 Å². The quantitative estimate of drug-likeness (QED) is 0.476. The van der Waals surface area contributed by atoms with E-state index >= 15 is 0 Å². The van der Waals surface area contributed by atoms with E-state index in [2.05, 4.69) is 10.4 Å². The molecule has 2 amide bonds. The van der Waals surface area contributed by atoms with Crippen LogP contribution in [0.15, 0.2) is 53.6 Å². The fourth-order valence-electron chi connectivity index (χ4n) is 2.11. The number of halogens is 3. The van der Waals surface area contributed by atoms with Crippen molar-refractivity contribution >= 4 is 23.7 Å². The number of alkyl halides is 3. The normalized spacial score (nSPS) is 11.3. The third-order valence-corrected chi connectivity index (χ3v) is 3.28.